The average Bonchev–Trinajstić information content (AvgIpc) is 3.23. The van der Waals surface area contributed by atoms with E-state index in [1.165, 1.54) is 22.7 Å². The first-order chi connectivity index (χ1) is 11.1. The number of halogens is 1. The lowest BCUT2D eigenvalue weighted by Gasteiger charge is -2.25. The van der Waals surface area contributed by atoms with Crippen LogP contribution in [0.25, 0.3) is 0 Å². The lowest BCUT2D eigenvalue weighted by Crippen LogP contribution is -2.31. The molecule has 1 atom stereocenters. The van der Waals surface area contributed by atoms with Crippen molar-refractivity contribution in [2.75, 3.05) is 19.6 Å². The highest BCUT2D eigenvalue weighted by molar-refractivity contribution is 7.09. The van der Waals surface area contributed by atoms with Gasteiger partial charge in [0.1, 0.15) is 0 Å². The van der Waals surface area contributed by atoms with Crippen LogP contribution in [-0.2, 0) is 13.1 Å². The number of nitrogens with zero attached hydrogens (tertiary/aromatic N) is 4. The molecule has 1 aliphatic rings. The van der Waals surface area contributed by atoms with Crippen LogP contribution in [0.15, 0.2) is 17.8 Å². The minimum atomic E-state index is 0. The van der Waals surface area contributed by atoms with Crippen molar-refractivity contribution in [3.8, 4) is 0 Å². The zero-order valence-corrected chi connectivity index (χ0v) is 16.4. The Morgan fingerprint density at radius 3 is 2.88 bits per heavy atom. The molecule has 3 rings (SSSR count). The Morgan fingerprint density at radius 2 is 2.25 bits per heavy atom. The largest absolute Gasteiger partial charge is 0.316 e. The van der Waals surface area contributed by atoms with Crippen LogP contribution in [0, 0.1) is 12.8 Å². The molecular weight excluding hydrogens is 342 g/mol. The molecule has 1 unspecified atom stereocenters. The van der Waals surface area contributed by atoms with Gasteiger partial charge in [-0.15, -0.1) is 23.7 Å². The predicted octanol–water partition coefficient (Wildman–Crippen LogP) is 3.26. The maximum absolute atomic E-state index is 4.48. The predicted molar refractivity (Wildman–Crippen MR) is 102 cm³/mol. The van der Waals surface area contributed by atoms with Crippen molar-refractivity contribution in [3.63, 3.8) is 0 Å². The van der Waals surface area contributed by atoms with Gasteiger partial charge in [-0.2, -0.15) is 5.10 Å². The Balaban J connectivity index is 0.00000208. The molecule has 24 heavy (non-hydrogen) atoms. The third kappa shape index (κ3) is 4.79. The molecule has 1 saturated heterocycles. The van der Waals surface area contributed by atoms with Crippen LogP contribution in [0.5, 0.6) is 0 Å². The summed E-state index contributed by atoms with van der Waals surface area (Å²) in [5, 5.41) is 7.97. The van der Waals surface area contributed by atoms with Gasteiger partial charge in [0.25, 0.3) is 0 Å². The zero-order chi connectivity index (χ0) is 16.2. The topological polar surface area (TPSA) is 46.0 Å². The zero-order valence-electron chi connectivity index (χ0n) is 14.7. The summed E-state index contributed by atoms with van der Waals surface area (Å²) in [5.41, 5.74) is 4.42. The summed E-state index contributed by atoms with van der Waals surface area (Å²) < 4.78 is 2.14. The maximum Gasteiger partial charge on any atom is 0.0798 e. The van der Waals surface area contributed by atoms with E-state index in [0.29, 0.717) is 6.04 Å². The number of rotatable bonds is 7. The van der Waals surface area contributed by atoms with Gasteiger partial charge in [0, 0.05) is 36.8 Å². The maximum atomic E-state index is 4.48. The van der Waals surface area contributed by atoms with Crippen molar-refractivity contribution in [1.82, 2.24) is 25.0 Å². The van der Waals surface area contributed by atoms with E-state index in [0.717, 1.165) is 38.6 Å². The van der Waals surface area contributed by atoms with Gasteiger partial charge < -0.3 is 5.32 Å². The summed E-state index contributed by atoms with van der Waals surface area (Å²) in [6.45, 7) is 11.9. The van der Waals surface area contributed by atoms with Gasteiger partial charge in [0.2, 0.25) is 0 Å². The molecule has 5 nitrogen and oxygen atoms in total. The molecule has 2 aromatic heterocycles. The Hall–Kier alpha value is -0.950. The molecule has 134 valence electrons. The van der Waals surface area contributed by atoms with Crippen molar-refractivity contribution in [1.29, 1.82) is 0 Å². The molecule has 0 aromatic carbocycles. The first-order valence-electron chi connectivity index (χ1n) is 8.48. The first kappa shape index (κ1) is 19.4. The van der Waals surface area contributed by atoms with Crippen LogP contribution in [-0.4, -0.2) is 39.3 Å². The van der Waals surface area contributed by atoms with Crippen LogP contribution in [0.1, 0.15) is 42.6 Å². The molecule has 1 N–H and O–H groups in total. The van der Waals surface area contributed by atoms with Gasteiger partial charge in [-0.3, -0.25) is 9.58 Å². The normalized spacial score (nSPS) is 17.6. The minimum Gasteiger partial charge on any atom is -0.316 e. The van der Waals surface area contributed by atoms with Gasteiger partial charge in [-0.25, -0.2) is 4.98 Å². The molecule has 1 aliphatic heterocycles. The van der Waals surface area contributed by atoms with Gasteiger partial charge in [-0.05, 0) is 52.3 Å². The standard InChI is InChI=1S/C17H27N5S.ClH/c1-13(2)22-16(5-7-20-22)10-21(9-15-4-6-18-8-15)11-17-14(3)19-12-23-17;/h5,7,12-13,15,18H,4,6,8-11H2,1-3H3;1H. The highest BCUT2D eigenvalue weighted by Gasteiger charge is 2.21. The van der Waals surface area contributed by atoms with Crippen molar-refractivity contribution in [2.24, 2.45) is 5.92 Å². The van der Waals surface area contributed by atoms with E-state index in [4.69, 9.17) is 0 Å². The molecular formula is C17H28ClN5S. The summed E-state index contributed by atoms with van der Waals surface area (Å²) in [7, 11) is 0. The Morgan fingerprint density at radius 1 is 1.42 bits per heavy atom. The van der Waals surface area contributed by atoms with Gasteiger partial charge in [-0.1, -0.05) is 0 Å². The van der Waals surface area contributed by atoms with Crippen LogP contribution < -0.4 is 5.32 Å². The molecule has 1 fully saturated rings. The van der Waals surface area contributed by atoms with Crippen molar-refractivity contribution >= 4 is 23.7 Å². The highest BCUT2D eigenvalue weighted by Crippen LogP contribution is 2.20. The second-order valence-corrected chi connectivity index (χ2v) is 7.69. The summed E-state index contributed by atoms with van der Waals surface area (Å²) >= 11 is 1.77. The molecule has 0 spiro atoms. The molecule has 0 saturated carbocycles. The van der Waals surface area contributed by atoms with E-state index in [1.54, 1.807) is 11.3 Å². The summed E-state index contributed by atoms with van der Waals surface area (Å²) in [6, 6.07) is 2.56. The lowest BCUT2D eigenvalue weighted by molar-refractivity contribution is 0.214. The summed E-state index contributed by atoms with van der Waals surface area (Å²) in [4.78, 5) is 8.35. The van der Waals surface area contributed by atoms with Crippen molar-refractivity contribution in [2.45, 2.75) is 46.3 Å². The Bertz CT molecular complexity index is 618. The number of hydrogen-bond donors (Lipinski definition) is 1. The average molecular weight is 370 g/mol. The highest BCUT2D eigenvalue weighted by atomic mass is 35.5. The Labute approximate surface area is 154 Å². The van der Waals surface area contributed by atoms with E-state index in [1.807, 2.05) is 11.7 Å². The summed E-state index contributed by atoms with van der Waals surface area (Å²) in [5.74, 6) is 0.749. The van der Waals surface area contributed by atoms with Crippen molar-refractivity contribution in [3.05, 3.63) is 34.0 Å². The monoisotopic (exact) mass is 369 g/mol. The van der Waals surface area contributed by atoms with Crippen LogP contribution in [0.2, 0.25) is 0 Å². The second kappa shape index (κ2) is 8.94. The molecule has 0 aliphatic carbocycles. The fourth-order valence-corrected chi connectivity index (χ4v) is 4.08. The quantitative estimate of drug-likeness (QED) is 0.813. The number of hydrogen-bond acceptors (Lipinski definition) is 5. The third-order valence-electron chi connectivity index (χ3n) is 4.52. The van der Waals surface area contributed by atoms with E-state index < -0.39 is 0 Å². The second-order valence-electron chi connectivity index (χ2n) is 6.75. The SMILES string of the molecule is Cc1ncsc1CN(Cc1ccnn1C(C)C)CC1CCNC1.Cl. The van der Waals surface area contributed by atoms with Gasteiger partial charge >= 0.3 is 0 Å². The summed E-state index contributed by atoms with van der Waals surface area (Å²) in [6.07, 6.45) is 3.20. The number of nitrogens with one attached hydrogen (secondary N) is 1. The molecule has 2 aromatic rings. The number of aryl methyl sites for hydroxylation is 1. The smallest absolute Gasteiger partial charge is 0.0798 e. The third-order valence-corrected chi connectivity index (χ3v) is 5.44. The molecule has 0 bridgehead atoms. The van der Waals surface area contributed by atoms with Crippen LogP contribution in [0.4, 0.5) is 0 Å². The van der Waals surface area contributed by atoms with Crippen LogP contribution in [0.3, 0.4) is 0 Å². The fraction of sp³-hybridized carbons (Fsp3) is 0.647. The first-order valence-corrected chi connectivity index (χ1v) is 9.36. The van der Waals surface area contributed by atoms with Gasteiger partial charge in [0.15, 0.2) is 0 Å². The molecule has 3 heterocycles. The van der Waals surface area contributed by atoms with E-state index >= 15 is 0 Å². The minimum absolute atomic E-state index is 0. The van der Waals surface area contributed by atoms with Crippen LogP contribution >= 0.6 is 23.7 Å². The fourth-order valence-electron chi connectivity index (χ4n) is 3.26. The Kier molecular flexibility index (Phi) is 7.22. The van der Waals surface area contributed by atoms with E-state index in [2.05, 4.69) is 51.8 Å². The van der Waals surface area contributed by atoms with Crippen molar-refractivity contribution < 1.29 is 0 Å². The van der Waals surface area contributed by atoms with E-state index in [9.17, 15) is 0 Å². The van der Waals surface area contributed by atoms with Gasteiger partial charge in [0.05, 0.1) is 16.9 Å². The van der Waals surface area contributed by atoms with E-state index in [-0.39, 0.29) is 12.4 Å². The molecule has 0 radical (unpaired) electrons. The lowest BCUT2D eigenvalue weighted by atomic mass is 10.1. The number of aromatic nitrogens is 3. The molecule has 0 amide bonds. The number of thiazole rings is 1. The molecule has 7 heteroatoms.